The van der Waals surface area contributed by atoms with Crippen LogP contribution in [-0.2, 0) is 18.2 Å². The third-order valence-corrected chi connectivity index (χ3v) is 0.806. The molecule has 0 radical (unpaired) electrons. The maximum Gasteiger partial charge on any atom is 0.428 e. The maximum atomic E-state index is 10.2. The molecule has 52 valence electrons. The van der Waals surface area contributed by atoms with Crippen LogP contribution in [0.2, 0.25) is 0 Å². The van der Waals surface area contributed by atoms with Gasteiger partial charge in [-0.25, -0.2) is 9.59 Å². The predicted molar refractivity (Wildman–Crippen MR) is 31.7 cm³/mol. The molecule has 0 saturated carbocycles. The highest BCUT2D eigenvalue weighted by molar-refractivity contribution is 9.06. The number of halogens is 1. The summed E-state index contributed by atoms with van der Waals surface area (Å²) in [5, 5.41) is 0. The minimum absolute atomic E-state index is 0.168. The molecule has 0 aliphatic carbocycles. The molecule has 0 aromatic carbocycles. The summed E-state index contributed by atoms with van der Waals surface area (Å²) < 4.78 is 8.11. The average Bonchev–Trinajstić information content (AvgIpc) is 1.87. The highest BCUT2D eigenvalue weighted by Gasteiger charge is 2.14. The van der Waals surface area contributed by atoms with Gasteiger partial charge in [0, 0.05) is 0 Å². The maximum absolute atomic E-state index is 10.2. The number of carbonyl (C=O) groups is 2. The Morgan fingerprint density at radius 2 is 2.00 bits per heavy atom. The molecule has 0 saturated heterocycles. The van der Waals surface area contributed by atoms with Gasteiger partial charge in [-0.1, -0.05) is 0 Å². The summed E-state index contributed by atoms with van der Waals surface area (Å²) in [7, 11) is 0. The minimum atomic E-state index is -1.04. The van der Waals surface area contributed by atoms with Crippen molar-refractivity contribution in [1.29, 1.82) is 0 Å². The quantitative estimate of drug-likeness (QED) is 0.451. The summed E-state index contributed by atoms with van der Waals surface area (Å²) in [5.74, 6) is -2.04. The van der Waals surface area contributed by atoms with Crippen LogP contribution in [0.15, 0.2) is 0 Å². The predicted octanol–water partition coefficient (Wildman–Crippen LogP) is 0.403. The van der Waals surface area contributed by atoms with Crippen LogP contribution in [0.4, 0.5) is 0 Å². The molecular weight excluding hydrogens is 192 g/mol. The number of carbonyl (C=O) groups excluding carboxylic acids is 2. The lowest BCUT2D eigenvalue weighted by molar-refractivity contribution is -0.160. The zero-order chi connectivity index (χ0) is 7.28. The Kier molecular flexibility index (Phi) is 4.04. The normalized spacial score (nSPS) is 8.22. The molecule has 0 fully saturated rings. The number of hydrogen-bond donors (Lipinski definition) is 0. The molecule has 0 rings (SSSR count). The molecule has 9 heavy (non-hydrogen) atoms. The van der Waals surface area contributed by atoms with Crippen LogP contribution >= 0.6 is 16.3 Å². The van der Waals surface area contributed by atoms with Gasteiger partial charge in [0.15, 0.2) is 16.3 Å². The second-order valence-corrected chi connectivity index (χ2v) is 1.41. The minimum Gasteiger partial charge on any atom is -0.458 e. The first kappa shape index (κ1) is 8.42. The third kappa shape index (κ3) is 3.07. The standard InChI is InChI=1S/C4H5BrO4/c1-2-8-3(6)4(7)9-5/h2H2,1H3. The van der Waals surface area contributed by atoms with Crippen molar-refractivity contribution in [2.75, 3.05) is 6.61 Å². The molecule has 0 aliphatic rings. The fourth-order valence-electron chi connectivity index (χ4n) is 0.222. The molecule has 0 aliphatic heterocycles. The number of ether oxygens (including phenoxy) is 1. The van der Waals surface area contributed by atoms with Gasteiger partial charge in [0.05, 0.1) is 6.61 Å². The van der Waals surface area contributed by atoms with Crippen LogP contribution in [0.3, 0.4) is 0 Å². The summed E-state index contributed by atoms with van der Waals surface area (Å²) in [4.78, 5) is 20.4. The van der Waals surface area contributed by atoms with E-state index in [2.05, 4.69) is 24.8 Å². The van der Waals surface area contributed by atoms with Gasteiger partial charge in [-0.15, -0.1) is 0 Å². The molecule has 0 amide bonds. The van der Waals surface area contributed by atoms with Crippen molar-refractivity contribution < 1.29 is 18.2 Å². The number of hydrogen-bond acceptors (Lipinski definition) is 4. The highest BCUT2D eigenvalue weighted by Crippen LogP contribution is 1.88. The summed E-state index contributed by atoms with van der Waals surface area (Å²) in [6.45, 7) is 1.76. The van der Waals surface area contributed by atoms with E-state index in [9.17, 15) is 9.59 Å². The smallest absolute Gasteiger partial charge is 0.428 e. The van der Waals surface area contributed by atoms with Gasteiger partial charge in [-0.2, -0.15) is 0 Å². The Bertz CT molecular complexity index is 122. The van der Waals surface area contributed by atoms with E-state index in [4.69, 9.17) is 0 Å². The van der Waals surface area contributed by atoms with E-state index in [1.165, 1.54) is 0 Å². The number of rotatable bonds is 1. The van der Waals surface area contributed by atoms with Crippen molar-refractivity contribution in [2.24, 2.45) is 0 Å². The average molecular weight is 197 g/mol. The van der Waals surface area contributed by atoms with Crippen LogP contribution in [0.5, 0.6) is 0 Å². The molecule has 0 heterocycles. The summed E-state index contributed by atoms with van der Waals surface area (Å²) in [6.07, 6.45) is 0. The van der Waals surface area contributed by atoms with Gasteiger partial charge in [0.25, 0.3) is 0 Å². The molecule has 0 aromatic rings. The molecule has 0 unspecified atom stereocenters. The van der Waals surface area contributed by atoms with Crippen molar-refractivity contribution >= 4 is 28.2 Å². The second-order valence-electron chi connectivity index (χ2n) is 1.09. The Morgan fingerprint density at radius 3 is 2.33 bits per heavy atom. The van der Waals surface area contributed by atoms with E-state index in [1.54, 1.807) is 6.92 Å². The van der Waals surface area contributed by atoms with Crippen LogP contribution in [0.1, 0.15) is 6.92 Å². The van der Waals surface area contributed by atoms with E-state index < -0.39 is 11.9 Å². The lowest BCUT2D eigenvalue weighted by Gasteiger charge is -1.94. The molecule has 4 nitrogen and oxygen atoms in total. The molecular formula is C4H5BrO4. The molecule has 0 spiro atoms. The van der Waals surface area contributed by atoms with Gasteiger partial charge in [-0.05, 0) is 6.92 Å². The highest BCUT2D eigenvalue weighted by atomic mass is 79.9. The van der Waals surface area contributed by atoms with Crippen molar-refractivity contribution in [3.63, 3.8) is 0 Å². The Labute approximate surface area is 60.6 Å². The lowest BCUT2D eigenvalue weighted by Crippen LogP contribution is -2.16. The van der Waals surface area contributed by atoms with Gasteiger partial charge < -0.3 is 8.57 Å². The Morgan fingerprint density at radius 1 is 1.44 bits per heavy atom. The van der Waals surface area contributed by atoms with E-state index in [0.29, 0.717) is 0 Å². The Hall–Kier alpha value is -0.580. The second kappa shape index (κ2) is 4.31. The fraction of sp³-hybridized carbons (Fsp3) is 0.500. The molecule has 5 heteroatoms. The van der Waals surface area contributed by atoms with Crippen molar-refractivity contribution in [2.45, 2.75) is 6.92 Å². The Balaban J connectivity index is 3.60. The summed E-state index contributed by atoms with van der Waals surface area (Å²) in [5.41, 5.74) is 0. The first-order chi connectivity index (χ1) is 4.22. The summed E-state index contributed by atoms with van der Waals surface area (Å²) in [6, 6.07) is 0. The van der Waals surface area contributed by atoms with Crippen molar-refractivity contribution in [3.05, 3.63) is 0 Å². The SMILES string of the molecule is CCOC(=O)C(=O)OBr. The first-order valence-electron chi connectivity index (χ1n) is 2.22. The van der Waals surface area contributed by atoms with Crippen LogP contribution in [-0.4, -0.2) is 18.5 Å². The third-order valence-electron chi connectivity index (χ3n) is 0.512. The topological polar surface area (TPSA) is 52.6 Å². The van der Waals surface area contributed by atoms with Crippen LogP contribution in [0.25, 0.3) is 0 Å². The fourth-order valence-corrected chi connectivity index (χ4v) is 0.354. The van der Waals surface area contributed by atoms with Gasteiger partial charge in [0.1, 0.15) is 0 Å². The largest absolute Gasteiger partial charge is 0.458 e. The monoisotopic (exact) mass is 196 g/mol. The molecule has 0 atom stereocenters. The molecule has 0 aromatic heterocycles. The lowest BCUT2D eigenvalue weighted by atomic mass is 10.7. The van der Waals surface area contributed by atoms with E-state index in [0.717, 1.165) is 0 Å². The first-order valence-corrected chi connectivity index (χ1v) is 2.86. The molecule has 0 bridgehead atoms. The zero-order valence-electron chi connectivity index (χ0n) is 4.72. The van der Waals surface area contributed by atoms with Crippen molar-refractivity contribution in [1.82, 2.24) is 0 Å². The summed E-state index contributed by atoms with van der Waals surface area (Å²) >= 11 is 2.33. The molecule has 0 N–H and O–H groups in total. The zero-order valence-corrected chi connectivity index (χ0v) is 6.30. The van der Waals surface area contributed by atoms with Gasteiger partial charge in [-0.3, -0.25) is 0 Å². The van der Waals surface area contributed by atoms with Crippen LogP contribution < -0.4 is 0 Å². The van der Waals surface area contributed by atoms with Crippen LogP contribution in [0, 0.1) is 0 Å². The van der Waals surface area contributed by atoms with E-state index in [1.807, 2.05) is 0 Å². The van der Waals surface area contributed by atoms with Gasteiger partial charge >= 0.3 is 11.9 Å². The van der Waals surface area contributed by atoms with E-state index >= 15 is 0 Å². The van der Waals surface area contributed by atoms with E-state index in [-0.39, 0.29) is 6.61 Å². The van der Waals surface area contributed by atoms with Crippen molar-refractivity contribution in [3.8, 4) is 0 Å². The number of esters is 1. The van der Waals surface area contributed by atoms with Gasteiger partial charge in [0.2, 0.25) is 0 Å².